The summed E-state index contributed by atoms with van der Waals surface area (Å²) in [5.74, 6) is -0.204. The third kappa shape index (κ3) is 1.14. The molecule has 0 amide bonds. The lowest BCUT2D eigenvalue weighted by molar-refractivity contribution is -0.116. The van der Waals surface area contributed by atoms with Crippen LogP contribution in [0, 0.1) is 0 Å². The number of thiol groups is 1. The summed E-state index contributed by atoms with van der Waals surface area (Å²) in [5.41, 5.74) is 1.50. The maximum atomic E-state index is 11.4. The fraction of sp³-hybridized carbons (Fsp3) is 0.333. The monoisotopic (exact) mass is 182 g/mol. The summed E-state index contributed by atoms with van der Waals surface area (Å²) < 4.78 is 0. The quantitative estimate of drug-likeness (QED) is 0.457. The van der Waals surface area contributed by atoms with Gasteiger partial charge in [-0.2, -0.15) is 0 Å². The van der Waals surface area contributed by atoms with Crippen molar-refractivity contribution in [3.8, 4) is 0 Å². The number of allylic oxidation sites excluding steroid dienone is 4. The molecule has 0 saturated heterocycles. The minimum atomic E-state index is -0.132. The van der Waals surface area contributed by atoms with E-state index in [2.05, 4.69) is 12.6 Å². The molecule has 0 spiro atoms. The maximum Gasteiger partial charge on any atom is 0.195 e. The third-order valence-corrected chi connectivity index (χ3v) is 2.69. The van der Waals surface area contributed by atoms with E-state index in [9.17, 15) is 9.59 Å². The molecular formula is C9H10O2S. The van der Waals surface area contributed by atoms with E-state index in [0.717, 1.165) is 0 Å². The van der Waals surface area contributed by atoms with E-state index in [1.54, 1.807) is 20.8 Å². The first-order chi connectivity index (χ1) is 5.46. The molecule has 1 rings (SSSR count). The molecule has 3 heteroatoms. The Morgan fingerprint density at radius 2 is 1.25 bits per heavy atom. The molecule has 0 saturated carbocycles. The van der Waals surface area contributed by atoms with Gasteiger partial charge < -0.3 is 0 Å². The molecule has 0 aliphatic heterocycles. The lowest BCUT2D eigenvalue weighted by Gasteiger charge is -2.14. The van der Waals surface area contributed by atoms with Gasteiger partial charge in [-0.25, -0.2) is 0 Å². The van der Waals surface area contributed by atoms with Crippen LogP contribution in [-0.4, -0.2) is 11.6 Å². The Kier molecular flexibility index (Phi) is 2.24. The molecule has 1 aliphatic carbocycles. The van der Waals surface area contributed by atoms with E-state index < -0.39 is 0 Å². The number of hydrogen-bond acceptors (Lipinski definition) is 3. The lowest BCUT2D eigenvalue weighted by Crippen LogP contribution is -2.17. The van der Waals surface area contributed by atoms with Crippen molar-refractivity contribution in [1.82, 2.24) is 0 Å². The fourth-order valence-electron chi connectivity index (χ4n) is 1.08. The first kappa shape index (κ1) is 9.26. The van der Waals surface area contributed by atoms with Gasteiger partial charge in [0, 0.05) is 16.7 Å². The van der Waals surface area contributed by atoms with E-state index >= 15 is 0 Å². The molecule has 1 aliphatic rings. The number of carbonyl (C=O) groups is 2. The molecule has 0 heterocycles. The summed E-state index contributed by atoms with van der Waals surface area (Å²) >= 11 is 3.99. The molecule has 2 nitrogen and oxygen atoms in total. The Bertz CT molecular complexity index is 272. The van der Waals surface area contributed by atoms with Crippen molar-refractivity contribution < 1.29 is 9.59 Å². The number of Topliss-reactive ketones (excluding diaryl/α,β-unsaturated/α-hetero) is 2. The van der Waals surface area contributed by atoms with Crippen LogP contribution in [0.2, 0.25) is 0 Å². The van der Waals surface area contributed by atoms with Gasteiger partial charge in [0.2, 0.25) is 0 Å². The van der Waals surface area contributed by atoms with Crippen LogP contribution in [0.5, 0.6) is 0 Å². The molecule has 0 fully saturated rings. The lowest BCUT2D eigenvalue weighted by atomic mass is 9.92. The maximum absolute atomic E-state index is 11.4. The summed E-state index contributed by atoms with van der Waals surface area (Å²) in [4.78, 5) is 23.0. The topological polar surface area (TPSA) is 34.1 Å². The molecular weight excluding hydrogens is 172 g/mol. The van der Waals surface area contributed by atoms with Gasteiger partial charge in [0.05, 0.1) is 4.91 Å². The molecule has 0 radical (unpaired) electrons. The van der Waals surface area contributed by atoms with E-state index in [4.69, 9.17) is 0 Å². The van der Waals surface area contributed by atoms with E-state index in [1.807, 2.05) is 0 Å². The highest BCUT2D eigenvalue weighted by atomic mass is 32.1. The highest BCUT2D eigenvalue weighted by Crippen LogP contribution is 2.25. The molecule has 0 atom stereocenters. The van der Waals surface area contributed by atoms with Crippen LogP contribution < -0.4 is 0 Å². The van der Waals surface area contributed by atoms with Gasteiger partial charge in [0.25, 0.3) is 0 Å². The van der Waals surface area contributed by atoms with E-state index in [0.29, 0.717) is 16.7 Å². The Morgan fingerprint density at radius 3 is 1.75 bits per heavy atom. The van der Waals surface area contributed by atoms with Crippen molar-refractivity contribution in [2.24, 2.45) is 0 Å². The predicted octanol–water partition coefficient (Wildman–Crippen LogP) is 1.68. The molecule has 0 unspecified atom stereocenters. The van der Waals surface area contributed by atoms with Crippen LogP contribution in [0.1, 0.15) is 20.8 Å². The smallest absolute Gasteiger partial charge is 0.195 e. The fourth-order valence-corrected chi connectivity index (χ4v) is 1.35. The summed E-state index contributed by atoms with van der Waals surface area (Å²) in [6.45, 7) is 4.94. The summed E-state index contributed by atoms with van der Waals surface area (Å²) in [5, 5.41) is 0. The Labute approximate surface area is 76.8 Å². The van der Waals surface area contributed by atoms with Gasteiger partial charge in [0.15, 0.2) is 11.6 Å². The molecule has 0 N–H and O–H groups in total. The Hall–Kier alpha value is -0.830. The number of ketones is 2. The first-order valence-electron chi connectivity index (χ1n) is 3.63. The van der Waals surface area contributed by atoms with Crippen molar-refractivity contribution in [2.45, 2.75) is 20.8 Å². The minimum absolute atomic E-state index is 0.0721. The molecule has 0 aromatic rings. The van der Waals surface area contributed by atoms with Crippen LogP contribution in [0.3, 0.4) is 0 Å². The number of carbonyl (C=O) groups excluding carboxylic acids is 2. The highest BCUT2D eigenvalue weighted by molar-refractivity contribution is 7.85. The zero-order valence-corrected chi connectivity index (χ0v) is 8.16. The van der Waals surface area contributed by atoms with Gasteiger partial charge in [-0.1, -0.05) is 0 Å². The molecule has 0 bridgehead atoms. The van der Waals surface area contributed by atoms with Crippen LogP contribution in [0.25, 0.3) is 0 Å². The normalized spacial score (nSPS) is 19.3. The van der Waals surface area contributed by atoms with E-state index in [1.165, 1.54) is 0 Å². The SMILES string of the molecule is CC1=C(C)C(=O)C(S)=C(C)C1=O. The van der Waals surface area contributed by atoms with Crippen LogP contribution in [0.15, 0.2) is 21.6 Å². The number of rotatable bonds is 0. The Morgan fingerprint density at radius 1 is 0.833 bits per heavy atom. The minimum Gasteiger partial charge on any atom is -0.289 e. The van der Waals surface area contributed by atoms with Crippen LogP contribution >= 0.6 is 12.6 Å². The average molecular weight is 182 g/mol. The van der Waals surface area contributed by atoms with Crippen molar-refractivity contribution in [1.29, 1.82) is 0 Å². The highest BCUT2D eigenvalue weighted by Gasteiger charge is 2.25. The summed E-state index contributed by atoms with van der Waals surface area (Å²) in [6, 6.07) is 0. The second-order valence-electron chi connectivity index (χ2n) is 2.88. The van der Waals surface area contributed by atoms with Crippen LogP contribution in [-0.2, 0) is 9.59 Å². The molecule has 64 valence electrons. The average Bonchev–Trinajstić information content (AvgIpc) is 2.08. The zero-order valence-electron chi connectivity index (χ0n) is 7.26. The first-order valence-corrected chi connectivity index (χ1v) is 4.08. The summed E-state index contributed by atoms with van der Waals surface area (Å²) in [6.07, 6.45) is 0. The largest absolute Gasteiger partial charge is 0.289 e. The van der Waals surface area contributed by atoms with Gasteiger partial charge in [-0.15, -0.1) is 12.6 Å². The molecule has 12 heavy (non-hydrogen) atoms. The van der Waals surface area contributed by atoms with E-state index in [-0.39, 0.29) is 16.5 Å². The Balaban J connectivity index is 3.32. The second kappa shape index (κ2) is 2.90. The van der Waals surface area contributed by atoms with Crippen LogP contribution in [0.4, 0.5) is 0 Å². The van der Waals surface area contributed by atoms with Gasteiger partial charge in [0.1, 0.15) is 0 Å². The predicted molar refractivity (Wildman–Crippen MR) is 50.1 cm³/mol. The van der Waals surface area contributed by atoms with Crippen molar-refractivity contribution >= 4 is 24.2 Å². The zero-order chi connectivity index (χ0) is 9.46. The third-order valence-electron chi connectivity index (χ3n) is 2.15. The second-order valence-corrected chi connectivity index (χ2v) is 3.33. The van der Waals surface area contributed by atoms with Gasteiger partial charge in [-0.3, -0.25) is 9.59 Å². The number of hydrogen-bond donors (Lipinski definition) is 1. The molecule has 0 aromatic carbocycles. The van der Waals surface area contributed by atoms with Crippen molar-refractivity contribution in [3.05, 3.63) is 21.6 Å². The standard InChI is InChI=1S/C9H10O2S/c1-4-5(2)8(11)9(12)6(3)7(4)10/h12H,1-3H3. The molecule has 0 aromatic heterocycles. The van der Waals surface area contributed by atoms with Crippen molar-refractivity contribution in [3.63, 3.8) is 0 Å². The van der Waals surface area contributed by atoms with Crippen molar-refractivity contribution in [2.75, 3.05) is 0 Å². The van der Waals surface area contributed by atoms with Gasteiger partial charge in [-0.05, 0) is 20.8 Å². The van der Waals surface area contributed by atoms with Gasteiger partial charge >= 0.3 is 0 Å². The summed E-state index contributed by atoms with van der Waals surface area (Å²) in [7, 11) is 0.